The zero-order valence-electron chi connectivity index (χ0n) is 10.4. The van der Waals surface area contributed by atoms with Crippen LogP contribution in [0.2, 0.25) is 0 Å². The van der Waals surface area contributed by atoms with Gasteiger partial charge in [-0.1, -0.05) is 30.3 Å². The normalized spacial score (nSPS) is 15.6. The van der Waals surface area contributed by atoms with Crippen LogP contribution in [0.1, 0.15) is 29.7 Å². The Bertz CT molecular complexity index is 524. The first kappa shape index (κ1) is 11.2. The summed E-state index contributed by atoms with van der Waals surface area (Å²) < 4.78 is 0. The van der Waals surface area contributed by atoms with Gasteiger partial charge < -0.3 is 10.0 Å². The number of rotatable bonds is 2. The van der Waals surface area contributed by atoms with E-state index in [1.165, 1.54) is 11.1 Å². The minimum Gasteiger partial charge on any atom is -0.389 e. The molecule has 0 fully saturated rings. The molecule has 3 nitrogen and oxygen atoms in total. The molecular formula is C15H16N2O. The number of aromatic nitrogens is 1. The quantitative estimate of drug-likeness (QED) is 0.876. The molecule has 1 N–H and O–H groups in total. The molecule has 0 saturated heterocycles. The number of aliphatic hydroxyl groups is 1. The van der Waals surface area contributed by atoms with Crippen LogP contribution in [0.4, 0.5) is 5.82 Å². The van der Waals surface area contributed by atoms with Crippen molar-refractivity contribution in [2.75, 3.05) is 4.90 Å². The van der Waals surface area contributed by atoms with Gasteiger partial charge in [-0.05, 0) is 29.7 Å². The van der Waals surface area contributed by atoms with Gasteiger partial charge in [0.05, 0.1) is 6.10 Å². The van der Waals surface area contributed by atoms with Gasteiger partial charge in [-0.3, -0.25) is 0 Å². The number of nitrogens with zero attached hydrogens (tertiary/aromatic N) is 2. The summed E-state index contributed by atoms with van der Waals surface area (Å²) in [5.41, 5.74) is 3.60. The van der Waals surface area contributed by atoms with Crippen LogP contribution in [0.5, 0.6) is 0 Å². The van der Waals surface area contributed by atoms with Gasteiger partial charge in [0.1, 0.15) is 5.82 Å². The molecule has 2 aromatic rings. The first-order chi connectivity index (χ1) is 8.74. The number of fused-ring (bicyclic) bond motifs is 1. The van der Waals surface area contributed by atoms with Crippen molar-refractivity contribution in [1.82, 2.24) is 4.98 Å². The van der Waals surface area contributed by atoms with Crippen molar-refractivity contribution in [3.8, 4) is 0 Å². The second-order valence-electron chi connectivity index (χ2n) is 4.75. The predicted octanol–water partition coefficient (Wildman–Crippen LogP) is 2.66. The first-order valence-corrected chi connectivity index (χ1v) is 6.20. The SMILES string of the molecule is C[C@@H](O)c1ccc(N2Cc3ccccc3C2)nc1. The van der Waals surface area contributed by atoms with Crippen molar-refractivity contribution in [3.63, 3.8) is 0 Å². The summed E-state index contributed by atoms with van der Waals surface area (Å²) in [7, 11) is 0. The van der Waals surface area contributed by atoms with Crippen LogP contribution >= 0.6 is 0 Å². The summed E-state index contributed by atoms with van der Waals surface area (Å²) in [5.74, 6) is 0.968. The van der Waals surface area contributed by atoms with E-state index < -0.39 is 6.10 Å². The fourth-order valence-electron chi connectivity index (χ4n) is 2.33. The zero-order valence-corrected chi connectivity index (χ0v) is 10.4. The minimum absolute atomic E-state index is 0.456. The molecule has 1 atom stereocenters. The van der Waals surface area contributed by atoms with E-state index >= 15 is 0 Å². The summed E-state index contributed by atoms with van der Waals surface area (Å²) in [6, 6.07) is 12.4. The number of hydrogen-bond donors (Lipinski definition) is 1. The van der Waals surface area contributed by atoms with E-state index in [-0.39, 0.29) is 0 Å². The lowest BCUT2D eigenvalue weighted by atomic mass is 10.1. The second-order valence-corrected chi connectivity index (χ2v) is 4.75. The van der Waals surface area contributed by atoms with E-state index in [1.807, 2.05) is 12.1 Å². The molecule has 1 aliphatic heterocycles. The largest absolute Gasteiger partial charge is 0.389 e. The summed E-state index contributed by atoms with van der Waals surface area (Å²) in [6.45, 7) is 3.58. The smallest absolute Gasteiger partial charge is 0.129 e. The van der Waals surface area contributed by atoms with Gasteiger partial charge in [0, 0.05) is 19.3 Å². The van der Waals surface area contributed by atoms with Crippen molar-refractivity contribution in [1.29, 1.82) is 0 Å². The molecule has 0 spiro atoms. The monoisotopic (exact) mass is 240 g/mol. The van der Waals surface area contributed by atoms with Gasteiger partial charge in [-0.25, -0.2) is 4.98 Å². The molecule has 0 aliphatic carbocycles. The van der Waals surface area contributed by atoms with Crippen LogP contribution in [0.25, 0.3) is 0 Å². The molecule has 2 heterocycles. The molecule has 3 heteroatoms. The van der Waals surface area contributed by atoms with Crippen molar-refractivity contribution in [2.24, 2.45) is 0 Å². The van der Waals surface area contributed by atoms with Crippen LogP contribution in [0.3, 0.4) is 0 Å². The van der Waals surface area contributed by atoms with E-state index in [9.17, 15) is 5.11 Å². The van der Waals surface area contributed by atoms with Crippen molar-refractivity contribution in [2.45, 2.75) is 26.1 Å². The molecule has 3 rings (SSSR count). The van der Waals surface area contributed by atoms with Gasteiger partial charge in [0.15, 0.2) is 0 Å². The topological polar surface area (TPSA) is 36.4 Å². The highest BCUT2D eigenvalue weighted by Gasteiger charge is 2.19. The highest BCUT2D eigenvalue weighted by Crippen LogP contribution is 2.27. The first-order valence-electron chi connectivity index (χ1n) is 6.20. The molecule has 92 valence electrons. The third kappa shape index (κ3) is 1.97. The third-order valence-electron chi connectivity index (χ3n) is 3.42. The molecule has 1 aromatic carbocycles. The van der Waals surface area contributed by atoms with Crippen molar-refractivity contribution >= 4 is 5.82 Å². The maximum Gasteiger partial charge on any atom is 0.129 e. The van der Waals surface area contributed by atoms with E-state index in [4.69, 9.17) is 0 Å². The lowest BCUT2D eigenvalue weighted by Crippen LogP contribution is -2.15. The number of benzene rings is 1. The molecule has 0 saturated carbocycles. The fourth-order valence-corrected chi connectivity index (χ4v) is 2.33. The van der Waals surface area contributed by atoms with Gasteiger partial charge in [0.25, 0.3) is 0 Å². The Morgan fingerprint density at radius 3 is 2.28 bits per heavy atom. The van der Waals surface area contributed by atoms with Crippen LogP contribution in [-0.2, 0) is 13.1 Å². The highest BCUT2D eigenvalue weighted by atomic mass is 16.3. The number of pyridine rings is 1. The summed E-state index contributed by atoms with van der Waals surface area (Å²) in [4.78, 5) is 6.68. The van der Waals surface area contributed by atoms with Crippen LogP contribution in [-0.4, -0.2) is 10.1 Å². The molecule has 0 radical (unpaired) electrons. The van der Waals surface area contributed by atoms with Gasteiger partial charge in [-0.15, -0.1) is 0 Å². The Morgan fingerprint density at radius 2 is 1.78 bits per heavy atom. The minimum atomic E-state index is -0.456. The maximum absolute atomic E-state index is 9.47. The Kier molecular flexibility index (Phi) is 2.76. The number of hydrogen-bond acceptors (Lipinski definition) is 3. The molecule has 18 heavy (non-hydrogen) atoms. The Morgan fingerprint density at radius 1 is 1.11 bits per heavy atom. The van der Waals surface area contributed by atoms with Crippen LogP contribution in [0, 0.1) is 0 Å². The molecule has 1 aromatic heterocycles. The average Bonchev–Trinajstić information content (AvgIpc) is 2.82. The van der Waals surface area contributed by atoms with Crippen LogP contribution < -0.4 is 4.90 Å². The van der Waals surface area contributed by atoms with E-state index in [0.29, 0.717) is 0 Å². The summed E-state index contributed by atoms with van der Waals surface area (Å²) in [6.07, 6.45) is 1.30. The summed E-state index contributed by atoms with van der Waals surface area (Å²) in [5, 5.41) is 9.47. The second kappa shape index (κ2) is 4.42. The molecule has 0 unspecified atom stereocenters. The molecule has 0 amide bonds. The average molecular weight is 240 g/mol. The summed E-state index contributed by atoms with van der Waals surface area (Å²) >= 11 is 0. The lowest BCUT2D eigenvalue weighted by molar-refractivity contribution is 0.199. The Balaban J connectivity index is 1.82. The number of anilines is 1. The lowest BCUT2D eigenvalue weighted by Gasteiger charge is -2.17. The third-order valence-corrected chi connectivity index (χ3v) is 3.42. The molecule has 0 bridgehead atoms. The predicted molar refractivity (Wildman–Crippen MR) is 71.2 cm³/mol. The van der Waals surface area contributed by atoms with Crippen molar-refractivity contribution in [3.05, 3.63) is 59.3 Å². The standard InChI is InChI=1S/C15H16N2O/c1-11(18)12-6-7-15(16-8-12)17-9-13-4-2-3-5-14(13)10-17/h2-8,11,18H,9-10H2,1H3/t11-/m1/s1. The zero-order chi connectivity index (χ0) is 12.5. The number of aliphatic hydroxyl groups excluding tert-OH is 1. The van der Waals surface area contributed by atoms with Crippen LogP contribution in [0.15, 0.2) is 42.6 Å². The van der Waals surface area contributed by atoms with E-state index in [1.54, 1.807) is 13.1 Å². The molecule has 1 aliphatic rings. The van der Waals surface area contributed by atoms with Gasteiger partial charge in [0.2, 0.25) is 0 Å². The van der Waals surface area contributed by atoms with Crippen molar-refractivity contribution < 1.29 is 5.11 Å². The Labute approximate surface area is 107 Å². The van der Waals surface area contributed by atoms with E-state index in [2.05, 4.69) is 34.1 Å². The Hall–Kier alpha value is -1.87. The van der Waals surface area contributed by atoms with Gasteiger partial charge >= 0.3 is 0 Å². The maximum atomic E-state index is 9.47. The highest BCUT2D eigenvalue weighted by molar-refractivity contribution is 5.47. The molecular weight excluding hydrogens is 224 g/mol. The van der Waals surface area contributed by atoms with Gasteiger partial charge in [-0.2, -0.15) is 0 Å². The fraction of sp³-hybridized carbons (Fsp3) is 0.267. The van der Waals surface area contributed by atoms with E-state index in [0.717, 1.165) is 24.5 Å².